The van der Waals surface area contributed by atoms with E-state index in [2.05, 4.69) is 0 Å². The molecular weight excluding hydrogens is 136 g/mol. The van der Waals surface area contributed by atoms with Crippen molar-refractivity contribution in [1.29, 1.82) is 0 Å². The van der Waals surface area contributed by atoms with Crippen molar-refractivity contribution in [2.45, 2.75) is 37.9 Å². The van der Waals surface area contributed by atoms with Crippen molar-refractivity contribution in [2.24, 2.45) is 0 Å². The zero-order chi connectivity index (χ0) is 7.72. The highest BCUT2D eigenvalue weighted by Crippen LogP contribution is 2.17. The summed E-state index contributed by atoms with van der Waals surface area (Å²) in [5.74, 6) is 0. The molecule has 1 saturated heterocycles. The third-order valence-corrected chi connectivity index (χ3v) is 1.69. The van der Waals surface area contributed by atoms with Crippen LogP contribution in [0.5, 0.6) is 0 Å². The first kappa shape index (κ1) is 7.94. The SMILES string of the molecule is C[C@@H]1OC(O)C[C@H](O)C1O. The van der Waals surface area contributed by atoms with E-state index < -0.39 is 24.6 Å². The molecule has 0 radical (unpaired) electrons. The van der Waals surface area contributed by atoms with Crippen molar-refractivity contribution in [3.05, 3.63) is 0 Å². The summed E-state index contributed by atoms with van der Waals surface area (Å²) in [7, 11) is 0. The van der Waals surface area contributed by atoms with Crippen molar-refractivity contribution < 1.29 is 20.1 Å². The van der Waals surface area contributed by atoms with Crippen LogP contribution < -0.4 is 0 Å². The molecule has 10 heavy (non-hydrogen) atoms. The van der Waals surface area contributed by atoms with Crippen molar-refractivity contribution in [3.63, 3.8) is 0 Å². The van der Waals surface area contributed by atoms with Crippen LogP contribution in [0.25, 0.3) is 0 Å². The second-order valence-corrected chi connectivity index (χ2v) is 2.59. The molecule has 1 aliphatic rings. The Kier molecular flexibility index (Phi) is 2.25. The standard InChI is InChI=1S/C6H12O4/c1-3-6(9)4(7)2-5(8)10-3/h3-9H,2H2,1H3/t3-,4-,5?,6?/m0/s1. The molecule has 0 bridgehead atoms. The summed E-state index contributed by atoms with van der Waals surface area (Å²) in [6.45, 7) is 1.61. The van der Waals surface area contributed by atoms with E-state index in [0.29, 0.717) is 0 Å². The van der Waals surface area contributed by atoms with Crippen LogP contribution in [0.15, 0.2) is 0 Å². The Hall–Kier alpha value is -0.160. The number of aliphatic hydroxyl groups excluding tert-OH is 3. The summed E-state index contributed by atoms with van der Waals surface area (Å²) in [6.07, 6.45) is -3.07. The van der Waals surface area contributed by atoms with E-state index in [1.54, 1.807) is 6.92 Å². The van der Waals surface area contributed by atoms with Crippen molar-refractivity contribution in [1.82, 2.24) is 0 Å². The van der Waals surface area contributed by atoms with Gasteiger partial charge in [-0.3, -0.25) is 0 Å². The molecule has 2 unspecified atom stereocenters. The van der Waals surface area contributed by atoms with Gasteiger partial charge < -0.3 is 20.1 Å². The third-order valence-electron chi connectivity index (χ3n) is 1.69. The maximum atomic E-state index is 9.08. The topological polar surface area (TPSA) is 69.9 Å². The minimum absolute atomic E-state index is 0.0888. The van der Waals surface area contributed by atoms with Gasteiger partial charge in [0.05, 0.1) is 12.2 Å². The molecule has 4 nitrogen and oxygen atoms in total. The summed E-state index contributed by atoms with van der Waals surface area (Å²) in [5.41, 5.74) is 0. The Bertz CT molecular complexity index is 104. The Morgan fingerprint density at radius 1 is 1.30 bits per heavy atom. The lowest BCUT2D eigenvalue weighted by Crippen LogP contribution is -2.46. The van der Waals surface area contributed by atoms with Crippen LogP contribution in [-0.4, -0.2) is 39.9 Å². The summed E-state index contributed by atoms with van der Waals surface area (Å²) < 4.78 is 4.81. The lowest BCUT2D eigenvalue weighted by molar-refractivity contribution is -0.226. The van der Waals surface area contributed by atoms with Crippen LogP contribution >= 0.6 is 0 Å². The van der Waals surface area contributed by atoms with E-state index in [1.807, 2.05) is 0 Å². The molecule has 0 aromatic rings. The molecule has 4 atom stereocenters. The second-order valence-electron chi connectivity index (χ2n) is 2.59. The minimum Gasteiger partial charge on any atom is -0.390 e. The quantitative estimate of drug-likeness (QED) is 0.405. The van der Waals surface area contributed by atoms with E-state index in [9.17, 15) is 0 Å². The fourth-order valence-corrected chi connectivity index (χ4v) is 1.04. The molecular formula is C6H12O4. The maximum Gasteiger partial charge on any atom is 0.157 e. The van der Waals surface area contributed by atoms with Crippen LogP contribution in [0.1, 0.15) is 13.3 Å². The summed E-state index contributed by atoms with van der Waals surface area (Å²) in [5, 5.41) is 27.0. The molecule has 4 heteroatoms. The molecule has 3 N–H and O–H groups in total. The Labute approximate surface area is 59.1 Å². The minimum atomic E-state index is -0.937. The number of aliphatic hydroxyl groups is 3. The van der Waals surface area contributed by atoms with E-state index in [1.165, 1.54) is 0 Å². The Balaban J connectivity index is 2.49. The molecule has 1 heterocycles. The highest BCUT2D eigenvalue weighted by molar-refractivity contribution is 4.78. The van der Waals surface area contributed by atoms with Gasteiger partial charge in [0.15, 0.2) is 6.29 Å². The number of rotatable bonds is 0. The van der Waals surface area contributed by atoms with Gasteiger partial charge in [0.25, 0.3) is 0 Å². The Morgan fingerprint density at radius 3 is 2.40 bits per heavy atom. The van der Waals surface area contributed by atoms with Crippen LogP contribution in [0, 0.1) is 0 Å². The predicted octanol–water partition coefficient (Wildman–Crippen LogP) is -1.16. The van der Waals surface area contributed by atoms with Gasteiger partial charge in [-0.05, 0) is 6.92 Å². The van der Waals surface area contributed by atoms with Gasteiger partial charge in [-0.25, -0.2) is 0 Å². The van der Waals surface area contributed by atoms with Gasteiger partial charge in [0.2, 0.25) is 0 Å². The van der Waals surface area contributed by atoms with Gasteiger partial charge in [0, 0.05) is 6.42 Å². The van der Waals surface area contributed by atoms with Crippen molar-refractivity contribution in [2.75, 3.05) is 0 Å². The van der Waals surface area contributed by atoms with E-state index in [-0.39, 0.29) is 6.42 Å². The molecule has 0 spiro atoms. The molecule has 0 aromatic carbocycles. The normalized spacial score (nSPS) is 49.2. The number of hydrogen-bond donors (Lipinski definition) is 3. The first-order valence-electron chi connectivity index (χ1n) is 3.31. The molecule has 0 aromatic heterocycles. The maximum absolute atomic E-state index is 9.08. The lowest BCUT2D eigenvalue weighted by atomic mass is 10.0. The summed E-state index contributed by atoms with van der Waals surface area (Å²) >= 11 is 0. The van der Waals surface area contributed by atoms with Crippen LogP contribution in [0.2, 0.25) is 0 Å². The summed E-state index contributed by atoms with van der Waals surface area (Å²) in [6, 6.07) is 0. The van der Waals surface area contributed by atoms with E-state index in [0.717, 1.165) is 0 Å². The van der Waals surface area contributed by atoms with Crippen molar-refractivity contribution >= 4 is 0 Å². The summed E-state index contributed by atoms with van der Waals surface area (Å²) in [4.78, 5) is 0. The van der Waals surface area contributed by atoms with E-state index in [4.69, 9.17) is 20.1 Å². The highest BCUT2D eigenvalue weighted by Gasteiger charge is 2.32. The molecule has 0 aliphatic carbocycles. The number of hydrogen-bond acceptors (Lipinski definition) is 4. The van der Waals surface area contributed by atoms with Gasteiger partial charge >= 0.3 is 0 Å². The first-order chi connectivity index (χ1) is 4.61. The largest absolute Gasteiger partial charge is 0.390 e. The zero-order valence-corrected chi connectivity index (χ0v) is 5.77. The first-order valence-corrected chi connectivity index (χ1v) is 3.31. The highest BCUT2D eigenvalue weighted by atomic mass is 16.6. The van der Waals surface area contributed by atoms with E-state index >= 15 is 0 Å². The third kappa shape index (κ3) is 1.46. The van der Waals surface area contributed by atoms with Crippen molar-refractivity contribution in [3.8, 4) is 0 Å². The fourth-order valence-electron chi connectivity index (χ4n) is 1.04. The lowest BCUT2D eigenvalue weighted by Gasteiger charge is -2.32. The monoisotopic (exact) mass is 148 g/mol. The smallest absolute Gasteiger partial charge is 0.157 e. The zero-order valence-electron chi connectivity index (χ0n) is 5.77. The Morgan fingerprint density at radius 2 is 1.90 bits per heavy atom. The predicted molar refractivity (Wildman–Crippen MR) is 33.2 cm³/mol. The average molecular weight is 148 g/mol. The van der Waals surface area contributed by atoms with Gasteiger partial charge in [-0.1, -0.05) is 0 Å². The molecule has 0 amide bonds. The average Bonchev–Trinajstić information content (AvgIpc) is 1.82. The fraction of sp³-hybridized carbons (Fsp3) is 1.00. The molecule has 1 aliphatic heterocycles. The van der Waals surface area contributed by atoms with Crippen LogP contribution in [0.4, 0.5) is 0 Å². The van der Waals surface area contributed by atoms with Gasteiger partial charge in [-0.2, -0.15) is 0 Å². The second kappa shape index (κ2) is 2.84. The van der Waals surface area contributed by atoms with Gasteiger partial charge in [0.1, 0.15) is 6.10 Å². The number of ether oxygens (including phenoxy) is 1. The van der Waals surface area contributed by atoms with Gasteiger partial charge in [-0.15, -0.1) is 0 Å². The van der Waals surface area contributed by atoms with Crippen LogP contribution in [0.3, 0.4) is 0 Å². The molecule has 1 fully saturated rings. The molecule has 60 valence electrons. The molecule has 0 saturated carbocycles. The van der Waals surface area contributed by atoms with Crippen LogP contribution in [-0.2, 0) is 4.74 Å². The molecule has 1 rings (SSSR count).